The molecule has 1 aliphatic rings. The van der Waals surface area contributed by atoms with Crippen LogP contribution in [0.3, 0.4) is 0 Å². The molecule has 112 valence electrons. The Bertz CT molecular complexity index is 452. The van der Waals surface area contributed by atoms with Crippen molar-refractivity contribution in [2.45, 2.75) is 39.2 Å². The molecule has 2 rings (SSSR count). The first-order chi connectivity index (χ1) is 9.60. The van der Waals surface area contributed by atoms with E-state index in [1.807, 2.05) is 20.0 Å². The summed E-state index contributed by atoms with van der Waals surface area (Å²) in [6, 6.07) is 1.88. The lowest BCUT2D eigenvalue weighted by molar-refractivity contribution is 0.0573. The number of anilines is 1. The number of hydrogen-bond donors (Lipinski definition) is 2. The summed E-state index contributed by atoms with van der Waals surface area (Å²) in [7, 11) is 1.83. The molecule has 6 heteroatoms. The zero-order chi connectivity index (χ0) is 14.5. The first kappa shape index (κ1) is 14.8. The fraction of sp³-hybridized carbons (Fsp3) is 0.714. The second-order valence-electron chi connectivity index (χ2n) is 5.34. The van der Waals surface area contributed by atoms with Crippen molar-refractivity contribution in [2.75, 3.05) is 18.5 Å². The molecule has 0 aliphatic carbocycles. The van der Waals surface area contributed by atoms with Crippen LogP contribution >= 0.6 is 0 Å². The average molecular weight is 280 g/mol. The molecule has 0 spiro atoms. The van der Waals surface area contributed by atoms with E-state index in [1.165, 1.54) is 0 Å². The van der Waals surface area contributed by atoms with E-state index >= 15 is 0 Å². The van der Waals surface area contributed by atoms with Gasteiger partial charge in [-0.05, 0) is 32.1 Å². The van der Waals surface area contributed by atoms with Crippen LogP contribution in [0.15, 0.2) is 6.07 Å². The molecule has 1 aromatic heterocycles. The van der Waals surface area contributed by atoms with Gasteiger partial charge in [0.15, 0.2) is 0 Å². The Kier molecular flexibility index (Phi) is 5.00. The third-order valence-electron chi connectivity index (χ3n) is 3.87. The van der Waals surface area contributed by atoms with Crippen LogP contribution in [0.25, 0.3) is 0 Å². The lowest BCUT2D eigenvalue weighted by atomic mass is 9.93. The van der Waals surface area contributed by atoms with E-state index in [0.29, 0.717) is 5.92 Å². The van der Waals surface area contributed by atoms with Crippen LogP contribution in [-0.4, -0.2) is 35.1 Å². The minimum atomic E-state index is -0.172. The fourth-order valence-electron chi connectivity index (χ4n) is 2.51. The number of amides is 2. The maximum absolute atomic E-state index is 12.0. The van der Waals surface area contributed by atoms with Gasteiger partial charge in [0.2, 0.25) is 0 Å². The quantitative estimate of drug-likeness (QED) is 0.885. The number of nitrogens with zero attached hydrogens (tertiary/aromatic N) is 2. The molecule has 2 N–H and O–H groups in total. The van der Waals surface area contributed by atoms with Gasteiger partial charge in [-0.3, -0.25) is 10.00 Å². The highest BCUT2D eigenvalue weighted by Crippen LogP contribution is 2.18. The maximum atomic E-state index is 12.0. The lowest BCUT2D eigenvalue weighted by Gasteiger charge is -2.28. The molecular formula is C14H24N4O2. The Morgan fingerprint density at radius 2 is 2.25 bits per heavy atom. The molecule has 0 aromatic carbocycles. The molecule has 2 heterocycles. The van der Waals surface area contributed by atoms with Crippen molar-refractivity contribution in [3.05, 3.63) is 11.8 Å². The molecule has 6 nitrogen and oxygen atoms in total. The largest absolute Gasteiger partial charge is 0.381 e. The van der Waals surface area contributed by atoms with Gasteiger partial charge in [0.25, 0.3) is 0 Å². The maximum Gasteiger partial charge on any atom is 0.320 e. The molecule has 20 heavy (non-hydrogen) atoms. The number of urea groups is 1. The summed E-state index contributed by atoms with van der Waals surface area (Å²) < 4.78 is 7.03. The van der Waals surface area contributed by atoms with Gasteiger partial charge in [-0.25, -0.2) is 4.79 Å². The molecule has 1 saturated heterocycles. The smallest absolute Gasteiger partial charge is 0.320 e. The molecule has 1 aliphatic heterocycles. The Morgan fingerprint density at radius 3 is 2.85 bits per heavy atom. The van der Waals surface area contributed by atoms with Crippen LogP contribution in [0, 0.1) is 5.92 Å². The number of carbonyl (C=O) groups excluding carboxylic acids is 1. The molecule has 1 fully saturated rings. The second kappa shape index (κ2) is 6.74. The van der Waals surface area contributed by atoms with Gasteiger partial charge in [-0.15, -0.1) is 0 Å². The van der Waals surface area contributed by atoms with E-state index in [4.69, 9.17) is 4.74 Å². The third kappa shape index (κ3) is 3.72. The average Bonchev–Trinajstić information content (AvgIpc) is 2.80. The van der Waals surface area contributed by atoms with Crippen molar-refractivity contribution in [1.29, 1.82) is 0 Å². The van der Waals surface area contributed by atoms with Crippen molar-refractivity contribution >= 4 is 11.8 Å². The number of aryl methyl sites for hydroxylation is 2. The third-order valence-corrected chi connectivity index (χ3v) is 3.87. The standard InChI is InChI=1S/C14H24N4O2/c1-4-12-9-13(18(3)17-12)16-14(19)15-10(2)11-5-7-20-8-6-11/h9-11H,4-8H2,1-3H3,(H2,15,16,19). The van der Waals surface area contributed by atoms with Crippen molar-refractivity contribution in [3.63, 3.8) is 0 Å². The van der Waals surface area contributed by atoms with Crippen LogP contribution in [0.5, 0.6) is 0 Å². The number of ether oxygens (including phenoxy) is 1. The van der Waals surface area contributed by atoms with E-state index in [0.717, 1.165) is 44.0 Å². The second-order valence-corrected chi connectivity index (χ2v) is 5.34. The summed E-state index contributed by atoms with van der Waals surface area (Å²) >= 11 is 0. The van der Waals surface area contributed by atoms with Gasteiger partial charge in [0.05, 0.1) is 5.69 Å². The van der Waals surface area contributed by atoms with Crippen LogP contribution in [0.2, 0.25) is 0 Å². The van der Waals surface area contributed by atoms with Crippen molar-refractivity contribution in [2.24, 2.45) is 13.0 Å². The van der Waals surface area contributed by atoms with E-state index in [2.05, 4.69) is 22.7 Å². The minimum Gasteiger partial charge on any atom is -0.381 e. The summed E-state index contributed by atoms with van der Waals surface area (Å²) in [4.78, 5) is 12.0. The predicted molar refractivity (Wildman–Crippen MR) is 77.7 cm³/mol. The van der Waals surface area contributed by atoms with Gasteiger partial charge in [-0.2, -0.15) is 5.10 Å². The summed E-state index contributed by atoms with van der Waals surface area (Å²) in [5.74, 6) is 1.21. The van der Waals surface area contributed by atoms with Crippen LogP contribution in [0.4, 0.5) is 10.6 Å². The van der Waals surface area contributed by atoms with Gasteiger partial charge in [-0.1, -0.05) is 6.92 Å². The number of carbonyl (C=O) groups is 1. The van der Waals surface area contributed by atoms with Gasteiger partial charge < -0.3 is 10.1 Å². The number of rotatable bonds is 4. The van der Waals surface area contributed by atoms with Crippen molar-refractivity contribution in [1.82, 2.24) is 15.1 Å². The van der Waals surface area contributed by atoms with E-state index in [1.54, 1.807) is 4.68 Å². The summed E-state index contributed by atoms with van der Waals surface area (Å²) in [5.41, 5.74) is 0.972. The van der Waals surface area contributed by atoms with Gasteiger partial charge in [0.1, 0.15) is 5.82 Å². The Hall–Kier alpha value is -1.56. The Labute approximate surface area is 119 Å². The summed E-state index contributed by atoms with van der Waals surface area (Å²) in [6.45, 7) is 5.68. The summed E-state index contributed by atoms with van der Waals surface area (Å²) in [6.07, 6.45) is 2.87. The first-order valence-corrected chi connectivity index (χ1v) is 7.28. The highest BCUT2D eigenvalue weighted by molar-refractivity contribution is 5.88. The van der Waals surface area contributed by atoms with Gasteiger partial charge >= 0.3 is 6.03 Å². The molecule has 0 saturated carbocycles. The minimum absolute atomic E-state index is 0.151. The van der Waals surface area contributed by atoms with Crippen LogP contribution in [0.1, 0.15) is 32.4 Å². The molecule has 1 unspecified atom stereocenters. The SMILES string of the molecule is CCc1cc(NC(=O)NC(C)C2CCOCC2)n(C)n1. The normalized spacial score (nSPS) is 17.8. The lowest BCUT2D eigenvalue weighted by Crippen LogP contribution is -2.42. The predicted octanol–water partition coefficient (Wildman–Crippen LogP) is 1.92. The number of aromatic nitrogens is 2. The Balaban J connectivity index is 1.86. The highest BCUT2D eigenvalue weighted by Gasteiger charge is 2.22. The van der Waals surface area contributed by atoms with Crippen molar-refractivity contribution in [3.8, 4) is 0 Å². The monoisotopic (exact) mass is 280 g/mol. The highest BCUT2D eigenvalue weighted by atomic mass is 16.5. The number of nitrogens with one attached hydrogen (secondary N) is 2. The van der Waals surface area contributed by atoms with Crippen molar-refractivity contribution < 1.29 is 9.53 Å². The molecular weight excluding hydrogens is 256 g/mol. The molecule has 1 atom stereocenters. The zero-order valence-electron chi connectivity index (χ0n) is 12.5. The zero-order valence-corrected chi connectivity index (χ0v) is 12.5. The molecule has 0 bridgehead atoms. The first-order valence-electron chi connectivity index (χ1n) is 7.28. The topological polar surface area (TPSA) is 68.2 Å². The molecule has 1 aromatic rings. The van der Waals surface area contributed by atoms with E-state index < -0.39 is 0 Å². The Morgan fingerprint density at radius 1 is 1.55 bits per heavy atom. The van der Waals surface area contributed by atoms with E-state index in [-0.39, 0.29) is 12.1 Å². The van der Waals surface area contributed by atoms with Gasteiger partial charge in [0, 0.05) is 32.4 Å². The van der Waals surface area contributed by atoms with E-state index in [9.17, 15) is 4.79 Å². The number of hydrogen-bond acceptors (Lipinski definition) is 3. The molecule has 2 amide bonds. The fourth-order valence-corrected chi connectivity index (χ4v) is 2.51. The summed E-state index contributed by atoms with van der Waals surface area (Å²) in [5, 5.41) is 10.2. The van der Waals surface area contributed by atoms with Crippen LogP contribution in [-0.2, 0) is 18.2 Å². The van der Waals surface area contributed by atoms with Crippen LogP contribution < -0.4 is 10.6 Å². The molecule has 0 radical (unpaired) electrons.